The van der Waals surface area contributed by atoms with Crippen LogP contribution in [0.1, 0.15) is 62.5 Å². The molecule has 0 aliphatic carbocycles. The smallest absolute Gasteiger partial charge is 0.238 e. The van der Waals surface area contributed by atoms with Gasteiger partial charge in [-0.2, -0.15) is 0 Å². The van der Waals surface area contributed by atoms with Crippen LogP contribution in [0.15, 0.2) is 60.7 Å². The van der Waals surface area contributed by atoms with Crippen molar-refractivity contribution in [2.45, 2.75) is 51.4 Å². The number of carbonyl (C=O) groups excluding carboxylic acids is 2. The van der Waals surface area contributed by atoms with Crippen LogP contribution in [0, 0.1) is 0 Å². The zero-order valence-electron chi connectivity index (χ0n) is 20.2. The number of likely N-dealkylation sites (N-methyl/N-ethyl adjacent to an activating group) is 1. The Bertz CT molecular complexity index is 858. The van der Waals surface area contributed by atoms with Gasteiger partial charge < -0.3 is 4.90 Å². The van der Waals surface area contributed by atoms with Crippen molar-refractivity contribution in [1.82, 2.24) is 15.3 Å². The van der Waals surface area contributed by atoms with Crippen LogP contribution in [0.2, 0.25) is 0 Å². The third-order valence-corrected chi connectivity index (χ3v) is 6.57. The minimum absolute atomic E-state index is 0.0242. The monoisotopic (exact) mass is 497 g/mol. The first-order valence-electron chi connectivity index (χ1n) is 11.8. The maximum absolute atomic E-state index is 12.3. The number of carbonyl (C=O) groups is 2. The summed E-state index contributed by atoms with van der Waals surface area (Å²) in [5.41, 5.74) is 4.71. The van der Waals surface area contributed by atoms with E-state index in [-0.39, 0.29) is 11.7 Å². The minimum atomic E-state index is -0.0242. The van der Waals surface area contributed by atoms with E-state index >= 15 is 0 Å². The second-order valence-electron chi connectivity index (χ2n) is 8.45. The van der Waals surface area contributed by atoms with Gasteiger partial charge in [-0.25, -0.2) is 0 Å². The molecule has 2 rings (SSSR count). The molecule has 1 N–H and O–H groups in total. The topological polar surface area (TPSA) is 52.7 Å². The van der Waals surface area contributed by atoms with E-state index in [1.807, 2.05) is 72.6 Å². The van der Waals surface area contributed by atoms with E-state index in [1.165, 1.54) is 0 Å². The van der Waals surface area contributed by atoms with E-state index < -0.39 is 0 Å². The highest BCUT2D eigenvalue weighted by molar-refractivity contribution is 7.80. The van der Waals surface area contributed by atoms with Crippen molar-refractivity contribution in [3.8, 4) is 0 Å². The Kier molecular flexibility index (Phi) is 12.4. The third-order valence-electron chi connectivity index (χ3n) is 5.51. The molecule has 0 aliphatic rings. The lowest BCUT2D eigenvalue weighted by Gasteiger charge is -2.21. The summed E-state index contributed by atoms with van der Waals surface area (Å²) >= 11 is 10.9. The van der Waals surface area contributed by atoms with Gasteiger partial charge in [-0.1, -0.05) is 111 Å². The highest BCUT2D eigenvalue weighted by atomic mass is 32.1. The van der Waals surface area contributed by atoms with Gasteiger partial charge in [0.05, 0.1) is 6.54 Å². The van der Waals surface area contributed by atoms with Crippen LogP contribution in [0.25, 0.3) is 0 Å². The SMILES string of the molecule is CN(CC(=O)CCCCCCCCC(=O)NN(C)C(=S)c1ccccc1)C(=S)c1ccccc1. The van der Waals surface area contributed by atoms with Crippen molar-refractivity contribution in [3.05, 3.63) is 71.8 Å². The predicted molar refractivity (Wildman–Crippen MR) is 147 cm³/mol. The second kappa shape index (κ2) is 15.3. The lowest BCUT2D eigenvalue weighted by atomic mass is 10.1. The molecule has 0 saturated heterocycles. The van der Waals surface area contributed by atoms with Crippen molar-refractivity contribution in [3.63, 3.8) is 0 Å². The maximum atomic E-state index is 12.3. The first kappa shape index (κ1) is 27.6. The first-order chi connectivity index (χ1) is 16.4. The quantitative estimate of drug-likeness (QED) is 0.230. The highest BCUT2D eigenvalue weighted by Gasteiger charge is 2.12. The van der Waals surface area contributed by atoms with E-state index in [1.54, 1.807) is 12.1 Å². The van der Waals surface area contributed by atoms with Gasteiger partial charge in [0.25, 0.3) is 0 Å². The molecule has 2 aromatic carbocycles. The summed E-state index contributed by atoms with van der Waals surface area (Å²) in [4.78, 5) is 27.6. The molecule has 0 atom stereocenters. The zero-order valence-corrected chi connectivity index (χ0v) is 21.8. The van der Waals surface area contributed by atoms with Crippen molar-refractivity contribution in [2.75, 3.05) is 20.6 Å². The number of nitrogens with one attached hydrogen (secondary N) is 1. The Morgan fingerprint density at radius 3 is 1.74 bits per heavy atom. The van der Waals surface area contributed by atoms with Gasteiger partial charge in [0.1, 0.15) is 9.98 Å². The third kappa shape index (κ3) is 10.1. The summed E-state index contributed by atoms with van der Waals surface area (Å²) in [5, 5.41) is 1.61. The van der Waals surface area contributed by atoms with Crippen molar-refractivity contribution >= 4 is 46.1 Å². The summed E-state index contributed by atoms with van der Waals surface area (Å²) in [6, 6.07) is 19.4. The Balaban J connectivity index is 1.50. The fraction of sp³-hybridized carbons (Fsp3) is 0.407. The Morgan fingerprint density at radius 1 is 0.706 bits per heavy atom. The summed E-state index contributed by atoms with van der Waals surface area (Å²) < 4.78 is 0. The van der Waals surface area contributed by atoms with Crippen LogP contribution < -0.4 is 5.43 Å². The van der Waals surface area contributed by atoms with Crippen LogP contribution in [-0.4, -0.2) is 52.2 Å². The molecule has 0 heterocycles. The van der Waals surface area contributed by atoms with Gasteiger partial charge in [-0.3, -0.25) is 20.0 Å². The Labute approximate surface area is 214 Å². The fourth-order valence-corrected chi connectivity index (χ4v) is 3.98. The van der Waals surface area contributed by atoms with Crippen LogP contribution in [0.5, 0.6) is 0 Å². The molecule has 0 aromatic heterocycles. The molecule has 0 unspecified atom stereocenters. The number of hydrazine groups is 1. The van der Waals surface area contributed by atoms with Gasteiger partial charge in [0, 0.05) is 38.1 Å². The number of hydrogen-bond acceptors (Lipinski definition) is 4. The van der Waals surface area contributed by atoms with Gasteiger partial charge in [-0.15, -0.1) is 0 Å². The molecule has 0 spiro atoms. The lowest BCUT2D eigenvalue weighted by molar-refractivity contribution is -0.124. The van der Waals surface area contributed by atoms with Gasteiger partial charge in [0.15, 0.2) is 5.78 Å². The van der Waals surface area contributed by atoms with E-state index in [0.717, 1.165) is 49.7 Å². The Morgan fingerprint density at radius 2 is 1.18 bits per heavy atom. The van der Waals surface area contributed by atoms with Crippen LogP contribution in [0.3, 0.4) is 0 Å². The molecule has 5 nitrogen and oxygen atoms in total. The van der Waals surface area contributed by atoms with Crippen molar-refractivity contribution in [2.24, 2.45) is 0 Å². The average Bonchev–Trinajstić information content (AvgIpc) is 2.85. The number of Topliss-reactive ketones (excluding diaryl/α,β-unsaturated/α-hetero) is 1. The number of thiocarbonyl (C=S) groups is 2. The van der Waals surface area contributed by atoms with Gasteiger partial charge in [0.2, 0.25) is 5.91 Å². The molecule has 1 amide bonds. The number of benzene rings is 2. The lowest BCUT2D eigenvalue weighted by Crippen LogP contribution is -2.42. The van der Waals surface area contributed by atoms with Crippen LogP contribution in [0.4, 0.5) is 0 Å². The normalized spacial score (nSPS) is 10.4. The fourth-order valence-electron chi connectivity index (χ4n) is 3.60. The molecule has 0 saturated carbocycles. The van der Waals surface area contributed by atoms with E-state index in [0.29, 0.717) is 29.4 Å². The molecular formula is C27H35N3O2S2. The van der Waals surface area contributed by atoms with E-state index in [4.69, 9.17) is 24.4 Å². The summed E-state index contributed by atoms with van der Waals surface area (Å²) in [7, 11) is 3.64. The number of amides is 1. The molecule has 0 fully saturated rings. The van der Waals surface area contributed by atoms with Crippen LogP contribution in [-0.2, 0) is 9.59 Å². The molecule has 7 heteroatoms. The second-order valence-corrected chi connectivity index (χ2v) is 9.23. The molecule has 2 aromatic rings. The van der Waals surface area contributed by atoms with Crippen LogP contribution >= 0.6 is 24.4 Å². The standard InChI is InChI=1S/C27H35N3O2S2/c1-29(26(33)22-15-9-7-10-16-22)21-24(31)19-13-5-3-4-6-14-20-25(32)28-30(2)27(34)23-17-11-8-12-18-23/h7-12,15-18H,3-6,13-14,19-21H2,1-2H3,(H,28,32). The van der Waals surface area contributed by atoms with E-state index in [9.17, 15) is 9.59 Å². The predicted octanol–water partition coefficient (Wildman–Crippen LogP) is 5.32. The summed E-state index contributed by atoms with van der Waals surface area (Å²) in [6.07, 6.45) is 6.97. The molecule has 182 valence electrons. The summed E-state index contributed by atoms with van der Waals surface area (Å²) in [5.74, 6) is 0.193. The number of nitrogens with zero attached hydrogens (tertiary/aromatic N) is 2. The number of unbranched alkanes of at least 4 members (excludes halogenated alkanes) is 5. The average molecular weight is 498 g/mol. The zero-order chi connectivity index (χ0) is 24.8. The first-order valence-corrected chi connectivity index (χ1v) is 12.6. The highest BCUT2D eigenvalue weighted by Crippen LogP contribution is 2.11. The molecule has 34 heavy (non-hydrogen) atoms. The van der Waals surface area contributed by atoms with Gasteiger partial charge in [-0.05, 0) is 12.8 Å². The number of ketones is 1. The van der Waals surface area contributed by atoms with Crippen molar-refractivity contribution in [1.29, 1.82) is 0 Å². The largest absolute Gasteiger partial charge is 0.358 e. The minimum Gasteiger partial charge on any atom is -0.358 e. The molecular weight excluding hydrogens is 462 g/mol. The number of rotatable bonds is 13. The Hall–Kier alpha value is -2.64. The number of hydrogen-bond donors (Lipinski definition) is 1. The summed E-state index contributed by atoms with van der Waals surface area (Å²) in [6.45, 7) is 0.352. The molecule has 0 aliphatic heterocycles. The molecule has 0 bridgehead atoms. The van der Waals surface area contributed by atoms with E-state index in [2.05, 4.69) is 5.43 Å². The van der Waals surface area contributed by atoms with Gasteiger partial charge >= 0.3 is 0 Å². The molecule has 0 radical (unpaired) electrons. The maximum Gasteiger partial charge on any atom is 0.238 e. The van der Waals surface area contributed by atoms with Crippen molar-refractivity contribution < 1.29 is 9.59 Å².